The summed E-state index contributed by atoms with van der Waals surface area (Å²) in [6.45, 7) is 4.62. The summed E-state index contributed by atoms with van der Waals surface area (Å²) >= 11 is 0. The summed E-state index contributed by atoms with van der Waals surface area (Å²) in [6.07, 6.45) is -0.337. The third kappa shape index (κ3) is 3.85. The van der Waals surface area contributed by atoms with E-state index in [2.05, 4.69) is 15.3 Å². The third-order valence-electron chi connectivity index (χ3n) is 4.44. The van der Waals surface area contributed by atoms with Crippen LogP contribution in [0.3, 0.4) is 0 Å². The van der Waals surface area contributed by atoms with Gasteiger partial charge in [0.25, 0.3) is 6.43 Å². The highest BCUT2D eigenvalue weighted by Gasteiger charge is 2.12. The van der Waals surface area contributed by atoms with E-state index < -0.39 is 6.43 Å². The maximum Gasteiger partial charge on any atom is 0.280 e. The van der Waals surface area contributed by atoms with Crippen LogP contribution in [0.1, 0.15) is 41.9 Å². The van der Waals surface area contributed by atoms with Crippen LogP contribution in [0, 0.1) is 12.7 Å². The first-order valence-corrected chi connectivity index (χ1v) is 8.20. The van der Waals surface area contributed by atoms with Gasteiger partial charge in [-0.2, -0.15) is 0 Å². The average Bonchev–Trinajstić information content (AvgIpc) is 2.90. The number of rotatable bonds is 6. The lowest BCUT2D eigenvalue weighted by Crippen LogP contribution is -2.21. The Labute approximate surface area is 144 Å². The van der Waals surface area contributed by atoms with Crippen LogP contribution in [0.4, 0.5) is 13.2 Å². The average molecular weight is 347 g/mol. The Bertz CT molecular complexity index is 856. The van der Waals surface area contributed by atoms with Crippen molar-refractivity contribution in [2.24, 2.45) is 0 Å². The van der Waals surface area contributed by atoms with Gasteiger partial charge in [-0.25, -0.2) is 13.2 Å². The fourth-order valence-electron chi connectivity index (χ4n) is 3.01. The van der Waals surface area contributed by atoms with Gasteiger partial charge in [-0.05, 0) is 62.2 Å². The number of hydrogen-bond donors (Lipinski definition) is 2. The Hall–Kier alpha value is -2.34. The minimum Gasteiger partial charge on any atom is -0.358 e. The standard InChI is InChI=1S/C19H20F3N3/c1-11(13-3-5-18(19(21)22)24-10-13)23-8-7-15-12(2)25-17-6-4-14(20)9-16(15)17/h3-6,9-11,19,23,25H,7-8H2,1-2H3. The predicted molar refractivity (Wildman–Crippen MR) is 92.3 cm³/mol. The number of halogens is 3. The molecule has 0 radical (unpaired) electrons. The zero-order valence-corrected chi connectivity index (χ0v) is 14.1. The predicted octanol–water partition coefficient (Wildman–Crippen LogP) is 4.84. The van der Waals surface area contributed by atoms with E-state index in [4.69, 9.17) is 0 Å². The summed E-state index contributed by atoms with van der Waals surface area (Å²) in [6, 6.07) is 7.74. The summed E-state index contributed by atoms with van der Waals surface area (Å²) in [4.78, 5) is 7.05. The van der Waals surface area contributed by atoms with Crippen LogP contribution in [0.25, 0.3) is 10.9 Å². The van der Waals surface area contributed by atoms with Gasteiger partial charge < -0.3 is 10.3 Å². The fraction of sp³-hybridized carbons (Fsp3) is 0.316. The molecule has 3 nitrogen and oxygen atoms in total. The largest absolute Gasteiger partial charge is 0.358 e. The molecule has 2 aromatic heterocycles. The van der Waals surface area contributed by atoms with Crippen LogP contribution < -0.4 is 5.32 Å². The van der Waals surface area contributed by atoms with Crippen LogP contribution in [0.5, 0.6) is 0 Å². The van der Waals surface area contributed by atoms with E-state index in [1.165, 1.54) is 18.3 Å². The first-order valence-electron chi connectivity index (χ1n) is 8.20. The molecular formula is C19H20F3N3. The van der Waals surface area contributed by atoms with E-state index in [1.54, 1.807) is 18.2 Å². The number of pyridine rings is 1. The molecule has 3 aromatic rings. The fourth-order valence-corrected chi connectivity index (χ4v) is 3.01. The van der Waals surface area contributed by atoms with E-state index in [9.17, 15) is 13.2 Å². The highest BCUT2D eigenvalue weighted by atomic mass is 19.3. The molecule has 3 rings (SSSR count). The van der Waals surface area contributed by atoms with E-state index in [-0.39, 0.29) is 17.6 Å². The number of H-pyrrole nitrogens is 1. The number of nitrogens with one attached hydrogen (secondary N) is 2. The van der Waals surface area contributed by atoms with Crippen molar-refractivity contribution in [1.82, 2.24) is 15.3 Å². The maximum absolute atomic E-state index is 13.5. The molecule has 6 heteroatoms. The second-order valence-corrected chi connectivity index (χ2v) is 6.16. The van der Waals surface area contributed by atoms with Crippen molar-refractivity contribution in [2.45, 2.75) is 32.7 Å². The third-order valence-corrected chi connectivity index (χ3v) is 4.44. The van der Waals surface area contributed by atoms with Gasteiger partial charge in [-0.15, -0.1) is 0 Å². The first-order chi connectivity index (χ1) is 12.0. The molecule has 0 aliphatic carbocycles. The maximum atomic E-state index is 13.5. The molecule has 25 heavy (non-hydrogen) atoms. The number of hydrogen-bond acceptors (Lipinski definition) is 2. The van der Waals surface area contributed by atoms with E-state index in [0.717, 1.165) is 34.1 Å². The van der Waals surface area contributed by atoms with Gasteiger partial charge in [0, 0.05) is 28.8 Å². The van der Waals surface area contributed by atoms with E-state index in [1.807, 2.05) is 13.8 Å². The second-order valence-electron chi connectivity index (χ2n) is 6.16. The molecular weight excluding hydrogens is 327 g/mol. The zero-order valence-electron chi connectivity index (χ0n) is 14.1. The van der Waals surface area contributed by atoms with Crippen molar-refractivity contribution >= 4 is 10.9 Å². The quantitative estimate of drug-likeness (QED) is 0.670. The monoisotopic (exact) mass is 347 g/mol. The SMILES string of the molecule is Cc1[nH]c2ccc(F)cc2c1CCNC(C)c1ccc(C(F)F)nc1. The molecule has 2 heterocycles. The number of fused-ring (bicyclic) bond motifs is 1. The normalized spacial score (nSPS) is 12.9. The van der Waals surface area contributed by atoms with E-state index in [0.29, 0.717) is 6.54 Å². The lowest BCUT2D eigenvalue weighted by atomic mass is 10.1. The Morgan fingerprint density at radius 1 is 1.20 bits per heavy atom. The number of aromatic nitrogens is 2. The number of benzene rings is 1. The van der Waals surface area contributed by atoms with Crippen molar-refractivity contribution < 1.29 is 13.2 Å². The summed E-state index contributed by atoms with van der Waals surface area (Å²) in [7, 11) is 0. The molecule has 0 bridgehead atoms. The number of aryl methyl sites for hydroxylation is 1. The molecule has 0 amide bonds. The van der Waals surface area contributed by atoms with Gasteiger partial charge in [-0.3, -0.25) is 4.98 Å². The lowest BCUT2D eigenvalue weighted by molar-refractivity contribution is 0.146. The van der Waals surface area contributed by atoms with Crippen molar-refractivity contribution in [3.63, 3.8) is 0 Å². The summed E-state index contributed by atoms with van der Waals surface area (Å²) < 4.78 is 38.6. The zero-order chi connectivity index (χ0) is 18.0. The number of nitrogens with zero attached hydrogens (tertiary/aromatic N) is 1. The molecule has 0 spiro atoms. The van der Waals surface area contributed by atoms with Crippen molar-refractivity contribution in [1.29, 1.82) is 0 Å². The minimum absolute atomic E-state index is 0.0125. The highest BCUT2D eigenvalue weighted by Crippen LogP contribution is 2.24. The van der Waals surface area contributed by atoms with Gasteiger partial charge in [0.2, 0.25) is 0 Å². The Morgan fingerprint density at radius 3 is 2.68 bits per heavy atom. The molecule has 2 N–H and O–H groups in total. The van der Waals surface area contributed by atoms with Gasteiger partial charge in [0.15, 0.2) is 0 Å². The smallest absolute Gasteiger partial charge is 0.280 e. The van der Waals surface area contributed by atoms with Gasteiger partial charge >= 0.3 is 0 Å². The molecule has 0 aliphatic heterocycles. The van der Waals surface area contributed by atoms with Crippen molar-refractivity contribution in [3.05, 3.63) is 64.9 Å². The molecule has 132 valence electrons. The van der Waals surface area contributed by atoms with Crippen LogP contribution in [0.2, 0.25) is 0 Å². The van der Waals surface area contributed by atoms with Crippen molar-refractivity contribution in [3.8, 4) is 0 Å². The molecule has 0 saturated heterocycles. The molecule has 1 unspecified atom stereocenters. The highest BCUT2D eigenvalue weighted by molar-refractivity contribution is 5.84. The molecule has 0 fully saturated rings. The first kappa shape index (κ1) is 17.5. The second kappa shape index (κ2) is 7.27. The number of alkyl halides is 2. The summed E-state index contributed by atoms with van der Waals surface area (Å²) in [5.74, 6) is -0.251. The van der Waals surface area contributed by atoms with Crippen LogP contribution in [-0.4, -0.2) is 16.5 Å². The molecule has 0 aliphatic rings. The Kier molecular flexibility index (Phi) is 5.08. The summed E-state index contributed by atoms with van der Waals surface area (Å²) in [5.41, 5.74) is 3.67. The van der Waals surface area contributed by atoms with Crippen LogP contribution in [0.15, 0.2) is 36.5 Å². The van der Waals surface area contributed by atoms with Gasteiger partial charge in [0.1, 0.15) is 11.5 Å². The summed E-state index contributed by atoms with van der Waals surface area (Å²) in [5, 5.41) is 4.26. The van der Waals surface area contributed by atoms with E-state index >= 15 is 0 Å². The molecule has 1 aromatic carbocycles. The number of aromatic amines is 1. The van der Waals surface area contributed by atoms with Crippen LogP contribution >= 0.6 is 0 Å². The van der Waals surface area contributed by atoms with Gasteiger partial charge in [-0.1, -0.05) is 6.07 Å². The van der Waals surface area contributed by atoms with Crippen molar-refractivity contribution in [2.75, 3.05) is 6.54 Å². The lowest BCUT2D eigenvalue weighted by Gasteiger charge is -2.14. The van der Waals surface area contributed by atoms with Gasteiger partial charge in [0.05, 0.1) is 0 Å². The van der Waals surface area contributed by atoms with Crippen LogP contribution in [-0.2, 0) is 6.42 Å². The Morgan fingerprint density at radius 2 is 2.00 bits per heavy atom. The Balaban J connectivity index is 1.64. The topological polar surface area (TPSA) is 40.7 Å². The minimum atomic E-state index is -2.55. The molecule has 1 atom stereocenters. The molecule has 0 saturated carbocycles.